The second kappa shape index (κ2) is 6.08. The second-order valence-corrected chi connectivity index (χ2v) is 6.34. The van der Waals surface area contributed by atoms with Crippen LogP contribution in [-0.4, -0.2) is 36.3 Å². The Kier molecular flexibility index (Phi) is 3.83. The smallest absolute Gasteiger partial charge is 0.333 e. The number of aliphatic carboxylic acids is 1. The Morgan fingerprint density at radius 2 is 1.93 bits per heavy atom. The van der Waals surface area contributed by atoms with E-state index in [1.165, 1.54) is 23.7 Å². The molecule has 9 nitrogen and oxygen atoms in total. The first-order chi connectivity index (χ1) is 12.9. The molecule has 1 aromatic carbocycles. The molecular weight excluding hydrogens is 357 g/mol. The molecule has 1 aliphatic heterocycles. The molecule has 0 atom stereocenters. The van der Waals surface area contributed by atoms with Crippen molar-refractivity contribution in [1.29, 1.82) is 0 Å². The number of aryl methyl sites for hydroxylation is 2. The summed E-state index contributed by atoms with van der Waals surface area (Å²) in [4.78, 5) is 42.6. The maximum atomic E-state index is 13.2. The van der Waals surface area contributed by atoms with Crippen LogP contribution in [0.2, 0.25) is 0 Å². The van der Waals surface area contributed by atoms with Crippen LogP contribution < -0.4 is 16.1 Å². The van der Waals surface area contributed by atoms with Crippen LogP contribution >= 0.6 is 0 Å². The lowest BCUT2D eigenvalue weighted by atomic mass is 10.2. The Hall–Kier alpha value is -3.43. The lowest BCUT2D eigenvalue weighted by Crippen LogP contribution is -2.41. The number of carboxylic acid groups (broad SMARTS) is 1. The van der Waals surface area contributed by atoms with Crippen LogP contribution in [0, 0.1) is 5.82 Å². The van der Waals surface area contributed by atoms with Crippen LogP contribution in [0.4, 0.5) is 16.0 Å². The molecule has 0 unspecified atom stereocenters. The second-order valence-electron chi connectivity index (χ2n) is 6.34. The molecular formula is C17H16FN5O4. The number of aromatic nitrogens is 4. The van der Waals surface area contributed by atoms with Gasteiger partial charge in [0.2, 0.25) is 5.95 Å². The van der Waals surface area contributed by atoms with Crippen LogP contribution in [0.5, 0.6) is 0 Å². The van der Waals surface area contributed by atoms with E-state index < -0.39 is 23.8 Å². The molecule has 0 amide bonds. The van der Waals surface area contributed by atoms with Gasteiger partial charge in [0, 0.05) is 25.8 Å². The summed E-state index contributed by atoms with van der Waals surface area (Å²) >= 11 is 0. The summed E-state index contributed by atoms with van der Waals surface area (Å²) in [5.41, 5.74) is -0.340. The summed E-state index contributed by atoms with van der Waals surface area (Å²) in [6.45, 7) is 0.403. The van der Waals surface area contributed by atoms with Crippen LogP contribution in [0.15, 0.2) is 33.9 Å². The molecule has 0 saturated heterocycles. The fraction of sp³-hybridized carbons (Fsp3) is 0.294. The summed E-state index contributed by atoms with van der Waals surface area (Å²) in [5.74, 6) is -1.17. The minimum Gasteiger partial charge on any atom is -0.480 e. The molecule has 0 saturated carbocycles. The van der Waals surface area contributed by atoms with Crippen LogP contribution in [0.1, 0.15) is 6.42 Å². The number of imidazole rings is 1. The maximum Gasteiger partial charge on any atom is 0.333 e. The largest absolute Gasteiger partial charge is 0.480 e. The third kappa shape index (κ3) is 2.60. The highest BCUT2D eigenvalue weighted by atomic mass is 19.1. The molecule has 140 valence electrons. The molecule has 0 aliphatic carbocycles. The van der Waals surface area contributed by atoms with Crippen molar-refractivity contribution in [3.8, 4) is 0 Å². The zero-order valence-electron chi connectivity index (χ0n) is 14.4. The predicted molar refractivity (Wildman–Crippen MR) is 94.9 cm³/mol. The molecule has 4 rings (SSSR count). The van der Waals surface area contributed by atoms with Gasteiger partial charge in [-0.15, -0.1) is 0 Å². The Labute approximate surface area is 151 Å². The van der Waals surface area contributed by atoms with Gasteiger partial charge in [0.1, 0.15) is 12.4 Å². The van der Waals surface area contributed by atoms with Gasteiger partial charge in [-0.25, -0.2) is 13.8 Å². The number of hydrogen-bond donors (Lipinski definition) is 1. The number of hydrogen-bond acceptors (Lipinski definition) is 5. The van der Waals surface area contributed by atoms with Gasteiger partial charge in [-0.2, -0.15) is 4.98 Å². The molecule has 10 heteroatoms. The van der Waals surface area contributed by atoms with Crippen LogP contribution in [-0.2, 0) is 24.9 Å². The first kappa shape index (κ1) is 17.0. The first-order valence-corrected chi connectivity index (χ1v) is 8.33. The molecule has 0 spiro atoms. The fourth-order valence-corrected chi connectivity index (χ4v) is 3.41. The van der Waals surface area contributed by atoms with Gasteiger partial charge in [0.15, 0.2) is 11.2 Å². The zero-order valence-corrected chi connectivity index (χ0v) is 14.4. The highest BCUT2D eigenvalue weighted by Gasteiger charge is 2.27. The summed E-state index contributed by atoms with van der Waals surface area (Å²) < 4.78 is 16.8. The molecule has 1 aliphatic rings. The Bertz CT molecular complexity index is 1180. The number of anilines is 2. The van der Waals surface area contributed by atoms with Gasteiger partial charge < -0.3 is 14.6 Å². The van der Waals surface area contributed by atoms with E-state index in [1.807, 2.05) is 4.90 Å². The number of benzene rings is 1. The lowest BCUT2D eigenvalue weighted by molar-refractivity contribution is -0.137. The molecule has 3 aromatic rings. The highest BCUT2D eigenvalue weighted by Crippen LogP contribution is 2.30. The van der Waals surface area contributed by atoms with Gasteiger partial charge in [-0.3, -0.25) is 14.2 Å². The molecule has 1 N–H and O–H groups in total. The maximum absolute atomic E-state index is 13.2. The van der Waals surface area contributed by atoms with Crippen molar-refractivity contribution in [1.82, 2.24) is 18.7 Å². The topological polar surface area (TPSA) is 102 Å². The molecule has 27 heavy (non-hydrogen) atoms. The number of carboxylic acids is 1. The predicted octanol–water partition coefficient (Wildman–Crippen LogP) is 0.662. The number of rotatable bonds is 3. The van der Waals surface area contributed by atoms with Gasteiger partial charge in [0.25, 0.3) is 5.56 Å². The van der Waals surface area contributed by atoms with E-state index >= 15 is 0 Å². The minimum absolute atomic E-state index is 0.181. The van der Waals surface area contributed by atoms with Crippen molar-refractivity contribution >= 4 is 28.8 Å². The van der Waals surface area contributed by atoms with E-state index in [9.17, 15) is 18.8 Å². The summed E-state index contributed by atoms with van der Waals surface area (Å²) in [5, 5.41) is 9.01. The fourth-order valence-electron chi connectivity index (χ4n) is 3.41. The van der Waals surface area contributed by atoms with E-state index in [4.69, 9.17) is 5.11 Å². The number of carbonyl (C=O) groups is 1. The van der Waals surface area contributed by atoms with E-state index in [0.29, 0.717) is 35.7 Å². The van der Waals surface area contributed by atoms with Crippen molar-refractivity contribution in [3.05, 3.63) is 50.9 Å². The monoisotopic (exact) mass is 373 g/mol. The molecule has 3 heterocycles. The van der Waals surface area contributed by atoms with Gasteiger partial charge >= 0.3 is 11.7 Å². The number of halogens is 1. The van der Waals surface area contributed by atoms with Crippen molar-refractivity contribution in [2.75, 3.05) is 11.4 Å². The van der Waals surface area contributed by atoms with E-state index in [1.54, 1.807) is 16.7 Å². The van der Waals surface area contributed by atoms with E-state index in [2.05, 4.69) is 4.98 Å². The van der Waals surface area contributed by atoms with E-state index in [-0.39, 0.29) is 17.0 Å². The molecule has 0 radical (unpaired) electrons. The molecule has 0 bridgehead atoms. The molecule has 2 aromatic heterocycles. The van der Waals surface area contributed by atoms with Crippen LogP contribution in [0.25, 0.3) is 11.2 Å². The highest BCUT2D eigenvalue weighted by molar-refractivity contribution is 5.77. The summed E-state index contributed by atoms with van der Waals surface area (Å²) in [6, 6.07) is 5.91. The first-order valence-electron chi connectivity index (χ1n) is 8.33. The standard InChI is InChI=1S/C17H16FN5O4/c1-20-14-13(15(26)23(17(20)27)9-12(24)25)22-8-2-7-21(16(22)19-14)11-5-3-10(18)4-6-11/h3-6H,2,7-9H2,1H3,(H,24,25). The van der Waals surface area contributed by atoms with Gasteiger partial charge in [-0.1, -0.05) is 0 Å². The molecule has 0 fully saturated rings. The van der Waals surface area contributed by atoms with Crippen LogP contribution in [0.3, 0.4) is 0 Å². The van der Waals surface area contributed by atoms with Crippen molar-refractivity contribution in [2.24, 2.45) is 7.05 Å². The Morgan fingerprint density at radius 3 is 2.59 bits per heavy atom. The third-order valence-corrected chi connectivity index (χ3v) is 4.65. The SMILES string of the molecule is Cn1c(=O)n(CC(=O)O)c(=O)c2c1nc1n2CCCN1c1ccc(F)cc1. The Morgan fingerprint density at radius 1 is 1.22 bits per heavy atom. The van der Waals surface area contributed by atoms with Crippen molar-refractivity contribution < 1.29 is 14.3 Å². The number of nitrogens with zero attached hydrogens (tertiary/aromatic N) is 5. The minimum atomic E-state index is -1.28. The third-order valence-electron chi connectivity index (χ3n) is 4.65. The summed E-state index contributed by atoms with van der Waals surface area (Å²) in [7, 11) is 1.45. The average molecular weight is 373 g/mol. The number of fused-ring (bicyclic) bond motifs is 3. The lowest BCUT2D eigenvalue weighted by Gasteiger charge is -2.29. The quantitative estimate of drug-likeness (QED) is 0.724. The van der Waals surface area contributed by atoms with Crippen molar-refractivity contribution in [2.45, 2.75) is 19.5 Å². The Balaban J connectivity index is 1.98. The van der Waals surface area contributed by atoms with Crippen molar-refractivity contribution in [3.63, 3.8) is 0 Å². The zero-order chi connectivity index (χ0) is 19.3. The average Bonchev–Trinajstić information content (AvgIpc) is 3.04. The van der Waals surface area contributed by atoms with E-state index in [0.717, 1.165) is 0 Å². The van der Waals surface area contributed by atoms with Gasteiger partial charge in [-0.05, 0) is 30.7 Å². The summed E-state index contributed by atoms with van der Waals surface area (Å²) in [6.07, 6.45) is 0.705. The normalized spacial score (nSPS) is 13.8. The van der Waals surface area contributed by atoms with Gasteiger partial charge in [0.05, 0.1) is 0 Å².